The molecule has 2 rings (SSSR count). The van der Waals surface area contributed by atoms with Crippen molar-refractivity contribution in [3.05, 3.63) is 45.9 Å². The Hall–Kier alpha value is -1.39. The van der Waals surface area contributed by atoms with Crippen LogP contribution < -0.4 is 10.5 Å². The fraction of sp³-hybridized carbons (Fsp3) is 0.357. The van der Waals surface area contributed by atoms with E-state index in [1.807, 2.05) is 12.1 Å². The summed E-state index contributed by atoms with van der Waals surface area (Å²) in [5.41, 5.74) is 7.94. The maximum Gasteiger partial charge on any atom is 0.118 e. The van der Waals surface area contributed by atoms with Crippen LogP contribution in [0.5, 0.6) is 5.75 Å². The highest BCUT2D eigenvalue weighted by molar-refractivity contribution is 7.09. The Labute approximate surface area is 112 Å². The number of hydrogen-bond acceptors (Lipinski definition) is 4. The van der Waals surface area contributed by atoms with Crippen LogP contribution in [0, 0.1) is 0 Å². The Bertz CT molecular complexity index is 479. The van der Waals surface area contributed by atoms with Gasteiger partial charge in [-0.1, -0.05) is 12.1 Å². The third-order valence-electron chi connectivity index (χ3n) is 2.79. The minimum atomic E-state index is 0.668. The van der Waals surface area contributed by atoms with Crippen molar-refractivity contribution in [3.63, 3.8) is 0 Å². The van der Waals surface area contributed by atoms with Crippen molar-refractivity contribution in [1.82, 2.24) is 4.98 Å². The molecule has 0 unspecified atom stereocenters. The van der Waals surface area contributed by atoms with E-state index in [0.29, 0.717) is 6.54 Å². The summed E-state index contributed by atoms with van der Waals surface area (Å²) in [6.07, 6.45) is 2.88. The van der Waals surface area contributed by atoms with Crippen LogP contribution in [-0.2, 0) is 19.3 Å². The molecule has 0 saturated heterocycles. The smallest absolute Gasteiger partial charge is 0.118 e. The van der Waals surface area contributed by atoms with Crippen LogP contribution >= 0.6 is 11.3 Å². The van der Waals surface area contributed by atoms with Crippen LogP contribution in [0.3, 0.4) is 0 Å². The van der Waals surface area contributed by atoms with E-state index in [9.17, 15) is 0 Å². The number of hydrogen-bond donors (Lipinski definition) is 1. The third kappa shape index (κ3) is 3.55. The Morgan fingerprint density at radius 2 is 1.94 bits per heavy atom. The molecule has 1 heterocycles. The van der Waals surface area contributed by atoms with E-state index in [0.717, 1.165) is 30.7 Å². The van der Waals surface area contributed by atoms with Gasteiger partial charge in [-0.15, -0.1) is 11.3 Å². The first-order valence-electron chi connectivity index (χ1n) is 6.08. The van der Waals surface area contributed by atoms with Gasteiger partial charge in [-0.2, -0.15) is 0 Å². The molecule has 0 fully saturated rings. The molecule has 18 heavy (non-hydrogen) atoms. The first-order valence-corrected chi connectivity index (χ1v) is 6.96. The summed E-state index contributed by atoms with van der Waals surface area (Å²) in [4.78, 5) is 4.56. The van der Waals surface area contributed by atoms with Gasteiger partial charge in [0.05, 0.1) is 17.8 Å². The van der Waals surface area contributed by atoms with Gasteiger partial charge in [-0.05, 0) is 30.7 Å². The molecule has 0 spiro atoms. The van der Waals surface area contributed by atoms with Crippen molar-refractivity contribution in [3.8, 4) is 5.75 Å². The molecule has 96 valence electrons. The Kier molecular flexibility index (Phi) is 4.73. The Morgan fingerprint density at radius 3 is 2.61 bits per heavy atom. The normalized spacial score (nSPS) is 10.6. The quantitative estimate of drug-likeness (QED) is 0.870. The number of nitrogens with zero attached hydrogens (tertiary/aromatic N) is 1. The van der Waals surface area contributed by atoms with Gasteiger partial charge in [0.1, 0.15) is 5.75 Å². The molecule has 2 aromatic rings. The lowest BCUT2D eigenvalue weighted by atomic mass is 10.1. The van der Waals surface area contributed by atoms with Crippen molar-refractivity contribution >= 4 is 11.3 Å². The average molecular weight is 262 g/mol. The lowest BCUT2D eigenvalue weighted by Gasteiger charge is -2.02. The molecule has 0 aliphatic carbocycles. The molecule has 0 atom stereocenters. The summed E-state index contributed by atoms with van der Waals surface area (Å²) >= 11 is 1.73. The summed E-state index contributed by atoms with van der Waals surface area (Å²) in [5.74, 6) is 0.901. The first-order chi connectivity index (χ1) is 8.81. The first kappa shape index (κ1) is 13.1. The summed E-state index contributed by atoms with van der Waals surface area (Å²) in [6.45, 7) is 0.668. The number of benzene rings is 1. The van der Waals surface area contributed by atoms with Crippen molar-refractivity contribution in [1.29, 1.82) is 0 Å². The fourth-order valence-electron chi connectivity index (χ4n) is 1.77. The lowest BCUT2D eigenvalue weighted by Crippen LogP contribution is -2.03. The van der Waals surface area contributed by atoms with Crippen LogP contribution in [0.1, 0.15) is 16.3 Å². The van der Waals surface area contributed by atoms with E-state index in [2.05, 4.69) is 22.5 Å². The number of rotatable bonds is 6. The molecule has 0 amide bonds. The largest absolute Gasteiger partial charge is 0.497 e. The predicted octanol–water partition coefficient (Wildman–Crippen LogP) is 2.44. The molecular weight excluding hydrogens is 244 g/mol. The molecule has 2 N–H and O–H groups in total. The SMILES string of the molecule is COc1ccc(CCc2nc(CCN)cs2)cc1. The van der Waals surface area contributed by atoms with Crippen LogP contribution in [0.2, 0.25) is 0 Å². The minimum absolute atomic E-state index is 0.668. The van der Waals surface area contributed by atoms with Gasteiger partial charge in [0, 0.05) is 18.2 Å². The van der Waals surface area contributed by atoms with Gasteiger partial charge in [0.2, 0.25) is 0 Å². The van der Waals surface area contributed by atoms with E-state index >= 15 is 0 Å². The molecule has 0 aliphatic heterocycles. The van der Waals surface area contributed by atoms with E-state index in [4.69, 9.17) is 10.5 Å². The van der Waals surface area contributed by atoms with Gasteiger partial charge >= 0.3 is 0 Å². The van der Waals surface area contributed by atoms with Crippen molar-refractivity contribution in [2.45, 2.75) is 19.3 Å². The number of methoxy groups -OCH3 is 1. The molecular formula is C14H18N2OS. The van der Waals surface area contributed by atoms with E-state index < -0.39 is 0 Å². The number of thiazole rings is 1. The van der Waals surface area contributed by atoms with E-state index in [1.54, 1.807) is 18.4 Å². The summed E-state index contributed by atoms with van der Waals surface area (Å²) in [7, 11) is 1.68. The zero-order valence-electron chi connectivity index (χ0n) is 10.6. The summed E-state index contributed by atoms with van der Waals surface area (Å²) in [5, 5.41) is 3.30. The Morgan fingerprint density at radius 1 is 1.17 bits per heavy atom. The molecule has 4 heteroatoms. The van der Waals surface area contributed by atoms with Crippen molar-refractivity contribution < 1.29 is 4.74 Å². The summed E-state index contributed by atoms with van der Waals surface area (Å²) in [6, 6.07) is 8.20. The lowest BCUT2D eigenvalue weighted by molar-refractivity contribution is 0.414. The molecule has 1 aromatic heterocycles. The highest BCUT2D eigenvalue weighted by atomic mass is 32.1. The van der Waals surface area contributed by atoms with Gasteiger partial charge in [0.25, 0.3) is 0 Å². The van der Waals surface area contributed by atoms with Crippen LogP contribution in [0.15, 0.2) is 29.6 Å². The maximum absolute atomic E-state index is 5.51. The van der Waals surface area contributed by atoms with E-state index in [1.165, 1.54) is 10.6 Å². The second kappa shape index (κ2) is 6.52. The Balaban J connectivity index is 1.89. The van der Waals surface area contributed by atoms with Crippen molar-refractivity contribution in [2.24, 2.45) is 5.73 Å². The molecule has 0 radical (unpaired) electrons. The monoisotopic (exact) mass is 262 g/mol. The number of ether oxygens (including phenoxy) is 1. The minimum Gasteiger partial charge on any atom is -0.497 e. The molecule has 0 saturated carbocycles. The second-order valence-electron chi connectivity index (χ2n) is 4.12. The molecule has 1 aromatic carbocycles. The van der Waals surface area contributed by atoms with Gasteiger partial charge in [-0.3, -0.25) is 0 Å². The molecule has 0 aliphatic rings. The highest BCUT2D eigenvalue weighted by Gasteiger charge is 2.02. The number of nitrogens with two attached hydrogens (primary N) is 1. The highest BCUT2D eigenvalue weighted by Crippen LogP contribution is 2.15. The fourth-order valence-corrected chi connectivity index (χ4v) is 2.60. The van der Waals surface area contributed by atoms with Crippen LogP contribution in [0.4, 0.5) is 0 Å². The zero-order chi connectivity index (χ0) is 12.8. The summed E-state index contributed by atoms with van der Waals surface area (Å²) < 4.78 is 5.14. The van der Waals surface area contributed by atoms with E-state index in [-0.39, 0.29) is 0 Å². The van der Waals surface area contributed by atoms with Crippen LogP contribution in [-0.4, -0.2) is 18.6 Å². The van der Waals surface area contributed by atoms with Crippen LogP contribution in [0.25, 0.3) is 0 Å². The number of aryl methyl sites for hydroxylation is 2. The zero-order valence-corrected chi connectivity index (χ0v) is 11.4. The average Bonchev–Trinajstić information content (AvgIpc) is 2.85. The van der Waals surface area contributed by atoms with Gasteiger partial charge in [-0.25, -0.2) is 4.98 Å². The third-order valence-corrected chi connectivity index (χ3v) is 3.74. The molecule has 0 bridgehead atoms. The van der Waals surface area contributed by atoms with Gasteiger partial charge < -0.3 is 10.5 Å². The van der Waals surface area contributed by atoms with Crippen molar-refractivity contribution in [2.75, 3.05) is 13.7 Å². The second-order valence-corrected chi connectivity index (χ2v) is 5.06. The predicted molar refractivity (Wildman–Crippen MR) is 75.3 cm³/mol. The topological polar surface area (TPSA) is 48.1 Å². The maximum atomic E-state index is 5.51. The number of aromatic nitrogens is 1. The van der Waals surface area contributed by atoms with Gasteiger partial charge in [0.15, 0.2) is 0 Å². The molecule has 3 nitrogen and oxygen atoms in total. The standard InChI is InChI=1S/C14H18N2OS/c1-17-13-5-2-11(3-6-13)4-7-14-16-12(8-9-15)10-18-14/h2-3,5-6,10H,4,7-9,15H2,1H3.